The maximum absolute atomic E-state index is 5.83. The van der Waals surface area contributed by atoms with E-state index in [9.17, 15) is 0 Å². The number of nitrogen functional groups attached to an aromatic ring is 1. The van der Waals surface area contributed by atoms with Crippen LogP contribution in [0.1, 0.15) is 26.6 Å². The molecule has 3 N–H and O–H groups in total. The summed E-state index contributed by atoms with van der Waals surface area (Å²) in [6.07, 6.45) is 0. The number of anilines is 2. The third-order valence-corrected chi connectivity index (χ3v) is 2.84. The van der Waals surface area contributed by atoms with E-state index in [1.54, 1.807) is 6.07 Å². The van der Waals surface area contributed by atoms with Crippen LogP contribution in [0.4, 0.5) is 11.6 Å². The van der Waals surface area contributed by atoms with Crippen molar-refractivity contribution in [2.24, 2.45) is 0 Å². The van der Waals surface area contributed by atoms with Gasteiger partial charge in [-0.25, -0.2) is 9.97 Å². The molecule has 112 valence electrons. The molecular weight excluding hydrogens is 264 g/mol. The number of nitrogens with two attached hydrogens (primary N) is 1. The summed E-state index contributed by atoms with van der Waals surface area (Å²) < 4.78 is 5.62. The van der Waals surface area contributed by atoms with Crippen molar-refractivity contribution in [3.8, 4) is 5.75 Å². The van der Waals surface area contributed by atoms with Crippen LogP contribution in [0.5, 0.6) is 5.75 Å². The smallest absolute Gasteiger partial charge is 0.138 e. The summed E-state index contributed by atoms with van der Waals surface area (Å²) in [6.45, 7) is 7.38. The van der Waals surface area contributed by atoms with Crippen LogP contribution in [0, 0.1) is 0 Å². The van der Waals surface area contributed by atoms with Gasteiger partial charge in [-0.15, -0.1) is 0 Å². The van der Waals surface area contributed by atoms with Gasteiger partial charge in [0.1, 0.15) is 29.8 Å². The van der Waals surface area contributed by atoms with Gasteiger partial charge in [-0.2, -0.15) is 0 Å². The Hall–Kier alpha value is -2.30. The Morgan fingerprint density at radius 1 is 1.14 bits per heavy atom. The number of benzene rings is 1. The molecule has 0 radical (unpaired) electrons. The average Bonchev–Trinajstić information content (AvgIpc) is 2.43. The normalized spacial score (nSPS) is 11.2. The molecule has 5 heteroatoms. The second-order valence-corrected chi connectivity index (χ2v) is 5.84. The number of hydrogen-bond acceptors (Lipinski definition) is 5. The predicted molar refractivity (Wildman–Crippen MR) is 85.6 cm³/mol. The summed E-state index contributed by atoms with van der Waals surface area (Å²) in [5, 5.41) is 3.21. The first-order chi connectivity index (χ1) is 9.95. The van der Waals surface area contributed by atoms with Gasteiger partial charge in [0.25, 0.3) is 0 Å². The number of nitrogens with zero attached hydrogens (tertiary/aromatic N) is 2. The summed E-state index contributed by atoms with van der Waals surface area (Å²) in [6, 6.07) is 11.5. The van der Waals surface area contributed by atoms with Gasteiger partial charge in [-0.1, -0.05) is 39.0 Å². The van der Waals surface area contributed by atoms with Crippen molar-refractivity contribution < 1.29 is 4.74 Å². The molecule has 0 fully saturated rings. The molecule has 0 unspecified atom stereocenters. The highest BCUT2D eigenvalue weighted by atomic mass is 16.5. The molecule has 2 aromatic rings. The molecule has 5 nitrogen and oxygen atoms in total. The first-order valence-corrected chi connectivity index (χ1v) is 7.02. The van der Waals surface area contributed by atoms with Gasteiger partial charge < -0.3 is 15.8 Å². The van der Waals surface area contributed by atoms with E-state index in [0.717, 1.165) is 17.4 Å². The first kappa shape index (κ1) is 15.1. The van der Waals surface area contributed by atoms with E-state index < -0.39 is 0 Å². The molecule has 0 aliphatic rings. The molecule has 1 aromatic heterocycles. The van der Waals surface area contributed by atoms with Crippen molar-refractivity contribution in [2.75, 3.05) is 24.2 Å². The van der Waals surface area contributed by atoms with Crippen molar-refractivity contribution in [3.05, 3.63) is 42.2 Å². The van der Waals surface area contributed by atoms with Crippen molar-refractivity contribution in [2.45, 2.75) is 26.2 Å². The summed E-state index contributed by atoms with van der Waals surface area (Å²) in [5.74, 6) is 2.79. The minimum Gasteiger partial charge on any atom is -0.492 e. The Labute approximate surface area is 125 Å². The van der Waals surface area contributed by atoms with Crippen molar-refractivity contribution in [1.82, 2.24) is 9.97 Å². The largest absolute Gasteiger partial charge is 0.492 e. The van der Waals surface area contributed by atoms with Gasteiger partial charge in [0, 0.05) is 11.5 Å². The molecule has 0 saturated carbocycles. The van der Waals surface area contributed by atoms with E-state index in [0.29, 0.717) is 19.0 Å². The van der Waals surface area contributed by atoms with Crippen LogP contribution < -0.4 is 15.8 Å². The van der Waals surface area contributed by atoms with E-state index >= 15 is 0 Å². The minimum atomic E-state index is -0.133. The Morgan fingerprint density at radius 3 is 2.52 bits per heavy atom. The van der Waals surface area contributed by atoms with Crippen LogP contribution in [0.3, 0.4) is 0 Å². The zero-order chi connectivity index (χ0) is 15.3. The topological polar surface area (TPSA) is 73.1 Å². The second-order valence-electron chi connectivity index (χ2n) is 5.84. The van der Waals surface area contributed by atoms with E-state index in [2.05, 4.69) is 36.1 Å². The lowest BCUT2D eigenvalue weighted by Gasteiger charge is -2.18. The second kappa shape index (κ2) is 6.43. The highest BCUT2D eigenvalue weighted by Gasteiger charge is 2.18. The molecule has 0 aliphatic carbocycles. The highest BCUT2D eigenvalue weighted by molar-refractivity contribution is 5.45. The minimum absolute atomic E-state index is 0.133. The van der Waals surface area contributed by atoms with Crippen LogP contribution in [0.25, 0.3) is 0 Å². The fraction of sp³-hybridized carbons (Fsp3) is 0.375. The third kappa shape index (κ3) is 4.63. The molecule has 0 spiro atoms. The predicted octanol–water partition coefficient (Wildman–Crippen LogP) is 2.85. The number of hydrogen-bond donors (Lipinski definition) is 2. The van der Waals surface area contributed by atoms with E-state index in [1.165, 1.54) is 0 Å². The van der Waals surface area contributed by atoms with E-state index in [4.69, 9.17) is 10.5 Å². The molecule has 1 aromatic carbocycles. The Morgan fingerprint density at radius 2 is 1.86 bits per heavy atom. The fourth-order valence-electron chi connectivity index (χ4n) is 1.76. The summed E-state index contributed by atoms with van der Waals surface area (Å²) in [5.41, 5.74) is 5.70. The fourth-order valence-corrected chi connectivity index (χ4v) is 1.76. The molecule has 21 heavy (non-hydrogen) atoms. The van der Waals surface area contributed by atoms with Crippen LogP contribution in [-0.2, 0) is 5.41 Å². The average molecular weight is 286 g/mol. The highest BCUT2D eigenvalue weighted by Crippen LogP contribution is 2.21. The maximum atomic E-state index is 5.83. The molecule has 0 bridgehead atoms. The quantitative estimate of drug-likeness (QED) is 0.827. The lowest BCUT2D eigenvalue weighted by Crippen LogP contribution is -2.19. The van der Waals surface area contributed by atoms with Crippen LogP contribution in [0.15, 0.2) is 36.4 Å². The molecule has 0 saturated heterocycles. The molecule has 0 atom stereocenters. The Balaban J connectivity index is 1.90. The zero-order valence-electron chi connectivity index (χ0n) is 12.8. The number of rotatable bonds is 5. The first-order valence-electron chi connectivity index (χ1n) is 7.02. The SMILES string of the molecule is CC(C)(C)c1nc(N)cc(NCCOc2ccccc2)n1. The monoisotopic (exact) mass is 286 g/mol. The van der Waals surface area contributed by atoms with Crippen molar-refractivity contribution in [1.29, 1.82) is 0 Å². The van der Waals surface area contributed by atoms with Crippen LogP contribution in [0.2, 0.25) is 0 Å². The number of ether oxygens (including phenoxy) is 1. The van der Waals surface area contributed by atoms with Gasteiger partial charge in [0.15, 0.2) is 0 Å². The number of para-hydroxylation sites is 1. The Bertz CT molecular complexity index is 579. The van der Waals surface area contributed by atoms with Gasteiger partial charge in [0.2, 0.25) is 0 Å². The van der Waals surface area contributed by atoms with E-state index in [-0.39, 0.29) is 5.41 Å². The van der Waals surface area contributed by atoms with Crippen LogP contribution in [-0.4, -0.2) is 23.1 Å². The number of aromatic nitrogens is 2. The van der Waals surface area contributed by atoms with Gasteiger partial charge in [0.05, 0.1) is 6.54 Å². The Kier molecular flexibility index (Phi) is 4.62. The maximum Gasteiger partial charge on any atom is 0.138 e. The standard InChI is InChI=1S/C16H22N4O/c1-16(2,3)15-19-13(17)11-14(20-15)18-9-10-21-12-7-5-4-6-8-12/h4-8,11H,9-10H2,1-3H3,(H3,17,18,19,20). The molecule has 0 aliphatic heterocycles. The third-order valence-electron chi connectivity index (χ3n) is 2.84. The zero-order valence-corrected chi connectivity index (χ0v) is 12.8. The van der Waals surface area contributed by atoms with Gasteiger partial charge in [-0.3, -0.25) is 0 Å². The number of nitrogens with one attached hydrogen (secondary N) is 1. The molecule has 2 rings (SSSR count). The van der Waals surface area contributed by atoms with Crippen molar-refractivity contribution in [3.63, 3.8) is 0 Å². The molecule has 0 amide bonds. The lowest BCUT2D eigenvalue weighted by molar-refractivity contribution is 0.332. The molecule has 1 heterocycles. The molecular formula is C16H22N4O. The van der Waals surface area contributed by atoms with Crippen LogP contribution >= 0.6 is 0 Å². The van der Waals surface area contributed by atoms with Gasteiger partial charge >= 0.3 is 0 Å². The summed E-state index contributed by atoms with van der Waals surface area (Å²) in [7, 11) is 0. The van der Waals surface area contributed by atoms with Crippen molar-refractivity contribution >= 4 is 11.6 Å². The summed E-state index contributed by atoms with van der Waals surface area (Å²) >= 11 is 0. The van der Waals surface area contributed by atoms with E-state index in [1.807, 2.05) is 30.3 Å². The lowest BCUT2D eigenvalue weighted by atomic mass is 9.96. The van der Waals surface area contributed by atoms with Gasteiger partial charge in [-0.05, 0) is 12.1 Å². The summed E-state index contributed by atoms with van der Waals surface area (Å²) in [4.78, 5) is 8.77.